The molecule has 0 radical (unpaired) electrons. The first-order valence-electron chi connectivity index (χ1n) is 9.07. The summed E-state index contributed by atoms with van der Waals surface area (Å²) >= 11 is 0. The van der Waals surface area contributed by atoms with Gasteiger partial charge in [-0.1, -0.05) is 0 Å². The van der Waals surface area contributed by atoms with Crippen molar-refractivity contribution in [3.8, 4) is 0 Å². The maximum atomic E-state index is 5.85. The molecular formula is C17H37NO8. The van der Waals surface area contributed by atoms with Gasteiger partial charge in [-0.3, -0.25) is 0 Å². The van der Waals surface area contributed by atoms with E-state index in [-0.39, 0.29) is 13.2 Å². The number of ether oxygens (including phenoxy) is 8. The zero-order valence-corrected chi connectivity index (χ0v) is 17.4. The molecule has 0 saturated heterocycles. The van der Waals surface area contributed by atoms with Crippen LogP contribution in [0.15, 0.2) is 0 Å². The third-order valence-corrected chi connectivity index (χ3v) is 3.42. The summed E-state index contributed by atoms with van der Waals surface area (Å²) in [6, 6.07) is 0. The molecular weight excluding hydrogens is 346 g/mol. The Bertz CT molecular complexity index is 306. The Kier molecular flexibility index (Phi) is 14.5. The van der Waals surface area contributed by atoms with E-state index in [2.05, 4.69) is 0 Å². The average Bonchev–Trinajstić information content (AvgIpc) is 2.66. The molecule has 0 aromatic rings. The van der Waals surface area contributed by atoms with Gasteiger partial charge in [0.1, 0.15) is 0 Å². The fourth-order valence-corrected chi connectivity index (χ4v) is 2.26. The monoisotopic (exact) mass is 383 g/mol. The normalized spacial score (nSPS) is 16.6. The second-order valence-electron chi connectivity index (χ2n) is 4.97. The van der Waals surface area contributed by atoms with E-state index in [0.29, 0.717) is 39.6 Å². The fourth-order valence-electron chi connectivity index (χ4n) is 2.26. The Balaban J connectivity index is 5.37. The van der Waals surface area contributed by atoms with Crippen LogP contribution < -0.4 is 0 Å². The summed E-state index contributed by atoms with van der Waals surface area (Å²) in [5, 5.41) is 0. The smallest absolute Gasteiger partial charge is 0.359 e. The highest BCUT2D eigenvalue weighted by molar-refractivity contribution is 4.66. The summed E-state index contributed by atoms with van der Waals surface area (Å²) in [6.07, 6.45) is -3.16. The highest BCUT2D eigenvalue weighted by Gasteiger charge is 2.52. The molecule has 0 saturated carbocycles. The van der Waals surface area contributed by atoms with E-state index in [9.17, 15) is 0 Å². The van der Waals surface area contributed by atoms with Crippen molar-refractivity contribution in [1.29, 1.82) is 0 Å². The molecule has 158 valence electrons. The standard InChI is InChI=1S/C17H37NO8/c1-8-21-12-14-25-16(19-6,23-10-3)18(5)17(20-7,24-11-4)26-15-13-22-9-2/h8-15H2,1-7H3. The Morgan fingerprint density at radius 1 is 0.577 bits per heavy atom. The molecule has 0 aliphatic carbocycles. The summed E-state index contributed by atoms with van der Waals surface area (Å²) in [5.74, 6) is 0. The van der Waals surface area contributed by atoms with Gasteiger partial charge in [0.15, 0.2) is 0 Å². The van der Waals surface area contributed by atoms with Crippen molar-refractivity contribution in [2.24, 2.45) is 0 Å². The van der Waals surface area contributed by atoms with Crippen molar-refractivity contribution in [3.63, 3.8) is 0 Å². The van der Waals surface area contributed by atoms with Crippen molar-refractivity contribution in [1.82, 2.24) is 4.90 Å². The molecule has 2 unspecified atom stereocenters. The molecule has 9 heteroatoms. The topological polar surface area (TPSA) is 77.1 Å². The van der Waals surface area contributed by atoms with Crippen molar-refractivity contribution in [2.75, 3.05) is 74.1 Å². The average molecular weight is 383 g/mol. The first-order chi connectivity index (χ1) is 12.5. The van der Waals surface area contributed by atoms with Crippen LogP contribution in [0.4, 0.5) is 0 Å². The van der Waals surface area contributed by atoms with Gasteiger partial charge in [-0.2, -0.15) is 4.90 Å². The van der Waals surface area contributed by atoms with E-state index < -0.39 is 12.2 Å². The SMILES string of the molecule is CCOCCOC(OC)(OCC)N(C)C(OC)(OCC)OCCOCC. The molecule has 0 N–H and O–H groups in total. The molecule has 9 nitrogen and oxygen atoms in total. The molecule has 0 heterocycles. The van der Waals surface area contributed by atoms with E-state index in [1.165, 1.54) is 19.1 Å². The molecule has 0 spiro atoms. The third-order valence-electron chi connectivity index (χ3n) is 3.42. The van der Waals surface area contributed by atoms with Gasteiger partial charge in [-0.05, 0) is 27.7 Å². The Morgan fingerprint density at radius 3 is 1.23 bits per heavy atom. The summed E-state index contributed by atoms with van der Waals surface area (Å²) in [6.45, 7) is 10.6. The van der Waals surface area contributed by atoms with Crippen molar-refractivity contribution < 1.29 is 37.9 Å². The molecule has 0 aliphatic rings. The van der Waals surface area contributed by atoms with Crippen molar-refractivity contribution in [2.45, 2.75) is 39.9 Å². The molecule has 26 heavy (non-hydrogen) atoms. The lowest BCUT2D eigenvalue weighted by Gasteiger charge is -2.46. The van der Waals surface area contributed by atoms with Crippen LogP contribution in [0.1, 0.15) is 27.7 Å². The number of hydrogen-bond acceptors (Lipinski definition) is 9. The van der Waals surface area contributed by atoms with E-state index in [4.69, 9.17) is 37.9 Å². The number of hydrogen-bond donors (Lipinski definition) is 0. The maximum Gasteiger partial charge on any atom is 0.359 e. The van der Waals surface area contributed by atoms with Gasteiger partial charge in [-0.25, -0.2) is 0 Å². The third kappa shape index (κ3) is 7.71. The van der Waals surface area contributed by atoms with E-state index in [0.717, 1.165) is 0 Å². The molecule has 0 aromatic carbocycles. The molecule has 0 amide bonds. The van der Waals surface area contributed by atoms with Crippen molar-refractivity contribution >= 4 is 0 Å². The van der Waals surface area contributed by atoms with Crippen LogP contribution in [0.25, 0.3) is 0 Å². The predicted molar refractivity (Wildman–Crippen MR) is 95.4 cm³/mol. The van der Waals surface area contributed by atoms with Gasteiger partial charge in [0, 0.05) is 34.5 Å². The lowest BCUT2D eigenvalue weighted by Crippen LogP contribution is -2.65. The molecule has 0 fully saturated rings. The number of rotatable bonds is 18. The van der Waals surface area contributed by atoms with Gasteiger partial charge in [0.25, 0.3) is 0 Å². The molecule has 0 bridgehead atoms. The van der Waals surface area contributed by atoms with Gasteiger partial charge in [0.2, 0.25) is 0 Å². The summed E-state index contributed by atoms with van der Waals surface area (Å²) in [5.41, 5.74) is 0. The number of nitrogens with zero attached hydrogens (tertiary/aromatic N) is 1. The van der Waals surface area contributed by atoms with E-state index >= 15 is 0 Å². The van der Waals surface area contributed by atoms with Crippen LogP contribution in [0.2, 0.25) is 0 Å². The Labute approximate surface area is 157 Å². The quantitative estimate of drug-likeness (QED) is 0.259. The summed E-state index contributed by atoms with van der Waals surface area (Å²) in [7, 11) is 4.61. The van der Waals surface area contributed by atoms with Gasteiger partial charge in [0.05, 0.1) is 39.6 Å². The first kappa shape index (κ1) is 25.6. The molecule has 0 aromatic heterocycles. The zero-order chi connectivity index (χ0) is 19.9. The first-order valence-corrected chi connectivity index (χ1v) is 9.07. The highest BCUT2D eigenvalue weighted by atomic mass is 16.9. The zero-order valence-electron chi connectivity index (χ0n) is 17.4. The molecule has 0 rings (SSSR count). The maximum absolute atomic E-state index is 5.85. The lowest BCUT2D eigenvalue weighted by atomic mass is 10.6. The predicted octanol–water partition coefficient (Wildman–Crippen LogP) is 1.61. The molecule has 2 atom stereocenters. The van der Waals surface area contributed by atoms with Crippen LogP contribution in [0.5, 0.6) is 0 Å². The largest absolute Gasteiger partial charge is 0.379 e. The van der Waals surface area contributed by atoms with E-state index in [1.807, 2.05) is 27.7 Å². The van der Waals surface area contributed by atoms with E-state index in [1.54, 1.807) is 7.05 Å². The van der Waals surface area contributed by atoms with Crippen LogP contribution in [-0.4, -0.2) is 91.2 Å². The summed E-state index contributed by atoms with van der Waals surface area (Å²) in [4.78, 5) is 1.48. The minimum atomic E-state index is -1.58. The highest BCUT2D eigenvalue weighted by Crippen LogP contribution is 2.30. The van der Waals surface area contributed by atoms with Crippen LogP contribution >= 0.6 is 0 Å². The van der Waals surface area contributed by atoms with Crippen molar-refractivity contribution in [3.05, 3.63) is 0 Å². The van der Waals surface area contributed by atoms with Crippen LogP contribution in [-0.2, 0) is 37.9 Å². The lowest BCUT2D eigenvalue weighted by molar-refractivity contribution is -0.540. The fraction of sp³-hybridized carbons (Fsp3) is 1.00. The summed E-state index contributed by atoms with van der Waals surface area (Å²) < 4.78 is 45.0. The van der Waals surface area contributed by atoms with Gasteiger partial charge in [-0.15, -0.1) is 0 Å². The minimum Gasteiger partial charge on any atom is -0.379 e. The molecule has 0 aliphatic heterocycles. The Hall–Kier alpha value is -0.360. The van der Waals surface area contributed by atoms with Gasteiger partial charge < -0.3 is 37.9 Å². The van der Waals surface area contributed by atoms with Gasteiger partial charge >= 0.3 is 12.2 Å². The number of methoxy groups -OCH3 is 2. The second kappa shape index (κ2) is 14.7. The Morgan fingerprint density at radius 2 is 0.962 bits per heavy atom. The van der Waals surface area contributed by atoms with Crippen LogP contribution in [0, 0.1) is 0 Å². The van der Waals surface area contributed by atoms with Crippen LogP contribution in [0.3, 0.4) is 0 Å². The second-order valence-corrected chi connectivity index (χ2v) is 4.97. The minimum absolute atomic E-state index is 0.247.